The minimum absolute atomic E-state index is 0.0863. The Bertz CT molecular complexity index is 1200. The monoisotopic (exact) mass is 558 g/mol. The number of nitrogens with one attached hydrogen (secondary N) is 4. The predicted octanol–water partition coefficient (Wildman–Crippen LogP) is -0.0577. The van der Waals surface area contributed by atoms with Gasteiger partial charge in [0.1, 0.15) is 18.1 Å². The Morgan fingerprint density at radius 2 is 1.57 bits per heavy atom. The van der Waals surface area contributed by atoms with Crippen LogP contribution in [0.1, 0.15) is 46.1 Å². The van der Waals surface area contributed by atoms with Crippen LogP contribution in [-0.4, -0.2) is 70.5 Å². The fourth-order valence-electron chi connectivity index (χ4n) is 4.11. The van der Waals surface area contributed by atoms with Crippen molar-refractivity contribution in [2.24, 2.45) is 34.0 Å². The zero-order chi connectivity index (χ0) is 30.0. The number of aromatic amines is 1. The van der Waals surface area contributed by atoms with Gasteiger partial charge in [-0.15, -0.1) is 0 Å². The number of nitrogens with two attached hydrogens (primary N) is 3. The van der Waals surface area contributed by atoms with E-state index in [1.807, 2.05) is 24.3 Å². The lowest BCUT2D eigenvalue weighted by atomic mass is 9.99. The molecule has 1 aromatic carbocycles. The van der Waals surface area contributed by atoms with E-state index in [0.717, 1.165) is 16.5 Å². The molecule has 0 saturated carbocycles. The number of amides is 3. The third kappa shape index (κ3) is 9.26. The first-order chi connectivity index (χ1) is 18.8. The Morgan fingerprint density at radius 3 is 2.17 bits per heavy atom. The molecule has 220 valence electrons. The quantitative estimate of drug-likeness (QED) is 0.0836. The van der Waals surface area contributed by atoms with Crippen LogP contribution in [0.25, 0.3) is 10.9 Å². The number of carboxylic acid groups (broad SMARTS) is 1. The highest BCUT2D eigenvalue weighted by molar-refractivity contribution is 5.95. The van der Waals surface area contributed by atoms with Crippen LogP contribution in [-0.2, 0) is 25.6 Å². The average molecular weight is 559 g/mol. The summed E-state index contributed by atoms with van der Waals surface area (Å²) < 4.78 is 0. The number of carbonyl (C=O) groups is 4. The zero-order valence-electron chi connectivity index (χ0n) is 23.4. The van der Waals surface area contributed by atoms with E-state index in [1.54, 1.807) is 33.9 Å². The number of para-hydroxylation sites is 1. The number of benzene rings is 1. The van der Waals surface area contributed by atoms with E-state index in [-0.39, 0.29) is 37.2 Å². The van der Waals surface area contributed by atoms with Crippen molar-refractivity contribution >= 4 is 40.6 Å². The molecule has 2 rings (SSSR count). The maximum absolute atomic E-state index is 13.5. The number of aromatic nitrogens is 1. The number of hydrogen-bond donors (Lipinski definition) is 8. The molecule has 11 N–H and O–H groups in total. The van der Waals surface area contributed by atoms with Gasteiger partial charge in [0.25, 0.3) is 0 Å². The summed E-state index contributed by atoms with van der Waals surface area (Å²) in [5, 5.41) is 18.4. The molecule has 0 aliphatic carbocycles. The third-order valence-electron chi connectivity index (χ3n) is 6.56. The Hall–Kier alpha value is -4.13. The molecule has 13 heteroatoms. The molecule has 4 unspecified atom stereocenters. The van der Waals surface area contributed by atoms with Crippen LogP contribution in [0.2, 0.25) is 0 Å². The minimum atomic E-state index is -1.22. The van der Waals surface area contributed by atoms with E-state index >= 15 is 0 Å². The highest BCUT2D eigenvalue weighted by atomic mass is 16.4. The molecule has 0 saturated heterocycles. The molecule has 0 aliphatic rings. The number of hydrogen-bond acceptors (Lipinski definition) is 6. The number of fused-ring (bicyclic) bond motifs is 1. The largest absolute Gasteiger partial charge is 0.480 e. The van der Waals surface area contributed by atoms with Crippen LogP contribution in [0.3, 0.4) is 0 Å². The van der Waals surface area contributed by atoms with Gasteiger partial charge in [0, 0.05) is 30.1 Å². The molecule has 13 nitrogen and oxygen atoms in total. The number of nitrogens with zero attached hydrogens (tertiary/aromatic N) is 1. The van der Waals surface area contributed by atoms with Crippen LogP contribution in [0, 0.1) is 11.8 Å². The van der Waals surface area contributed by atoms with Crippen LogP contribution in [0.5, 0.6) is 0 Å². The van der Waals surface area contributed by atoms with Gasteiger partial charge in [-0.25, -0.2) is 4.79 Å². The normalized spacial score (nSPS) is 14.3. The fourth-order valence-corrected chi connectivity index (χ4v) is 4.11. The standard InChI is InChI=1S/C27H42N8O5/c1-14(2)21(28)24(37)34-20(12-16-13-32-18-9-6-5-8-17(16)18)23(36)35-22(15(3)4)25(38)33-19(26(39)40)10-7-11-31-27(29)30/h5-6,8-9,13-15,19-22,32H,7,10-12,28H2,1-4H3,(H,33,38)(H,34,37)(H,35,36)(H,39,40)(H4,29,30,31). The first-order valence-corrected chi connectivity index (χ1v) is 13.3. The first-order valence-electron chi connectivity index (χ1n) is 13.3. The maximum atomic E-state index is 13.5. The summed E-state index contributed by atoms with van der Waals surface area (Å²) in [6.07, 6.45) is 2.32. The number of aliphatic carboxylic acids is 1. The van der Waals surface area contributed by atoms with Crippen molar-refractivity contribution < 1.29 is 24.3 Å². The van der Waals surface area contributed by atoms with Gasteiger partial charge in [-0.3, -0.25) is 19.4 Å². The van der Waals surface area contributed by atoms with Gasteiger partial charge in [-0.05, 0) is 36.3 Å². The molecule has 1 heterocycles. The van der Waals surface area contributed by atoms with Gasteiger partial charge < -0.3 is 43.2 Å². The van der Waals surface area contributed by atoms with Crippen molar-refractivity contribution in [2.75, 3.05) is 6.54 Å². The second kappa shape index (κ2) is 14.9. The number of aliphatic imine (C=N–C) groups is 1. The Morgan fingerprint density at radius 1 is 0.925 bits per heavy atom. The van der Waals surface area contributed by atoms with E-state index in [0.29, 0.717) is 6.42 Å². The summed E-state index contributed by atoms with van der Waals surface area (Å²) in [4.78, 5) is 58.2. The molecule has 1 aromatic heterocycles. The Balaban J connectivity index is 2.23. The summed E-state index contributed by atoms with van der Waals surface area (Å²) in [5.74, 6) is -3.63. The van der Waals surface area contributed by atoms with Gasteiger partial charge in [0.2, 0.25) is 17.7 Å². The number of rotatable bonds is 15. The molecule has 0 spiro atoms. The van der Waals surface area contributed by atoms with Gasteiger partial charge >= 0.3 is 5.97 Å². The van der Waals surface area contributed by atoms with Crippen molar-refractivity contribution in [1.82, 2.24) is 20.9 Å². The SMILES string of the molecule is CC(C)C(N)C(=O)NC(Cc1c[nH]c2ccccc12)C(=O)NC(C(=O)NC(CCCN=C(N)N)C(=O)O)C(C)C. The molecule has 4 atom stereocenters. The average Bonchev–Trinajstić information content (AvgIpc) is 3.29. The number of carbonyl (C=O) groups excluding carboxylic acids is 3. The van der Waals surface area contributed by atoms with Crippen molar-refractivity contribution in [3.63, 3.8) is 0 Å². The molecule has 3 amide bonds. The lowest BCUT2D eigenvalue weighted by Gasteiger charge is -2.27. The van der Waals surface area contributed by atoms with Crippen molar-refractivity contribution in [1.29, 1.82) is 0 Å². The van der Waals surface area contributed by atoms with Gasteiger partial charge in [0.05, 0.1) is 6.04 Å². The number of H-pyrrole nitrogens is 1. The summed E-state index contributed by atoms with van der Waals surface area (Å²) >= 11 is 0. The lowest BCUT2D eigenvalue weighted by molar-refractivity contribution is -0.142. The fraction of sp³-hybridized carbons (Fsp3) is 0.519. The van der Waals surface area contributed by atoms with Crippen molar-refractivity contribution in [3.8, 4) is 0 Å². The Labute approximate surface area is 233 Å². The topological polar surface area (TPSA) is 231 Å². The third-order valence-corrected chi connectivity index (χ3v) is 6.56. The maximum Gasteiger partial charge on any atom is 0.326 e. The highest BCUT2D eigenvalue weighted by Crippen LogP contribution is 2.19. The summed E-state index contributed by atoms with van der Waals surface area (Å²) in [7, 11) is 0. The second-order valence-corrected chi connectivity index (χ2v) is 10.5. The van der Waals surface area contributed by atoms with Crippen LogP contribution in [0.15, 0.2) is 35.5 Å². The van der Waals surface area contributed by atoms with E-state index in [1.165, 1.54) is 0 Å². The van der Waals surface area contributed by atoms with E-state index in [2.05, 4.69) is 25.9 Å². The van der Waals surface area contributed by atoms with E-state index in [9.17, 15) is 24.3 Å². The van der Waals surface area contributed by atoms with Gasteiger partial charge in [-0.1, -0.05) is 45.9 Å². The minimum Gasteiger partial charge on any atom is -0.480 e. The predicted molar refractivity (Wildman–Crippen MR) is 153 cm³/mol. The number of guanidine groups is 1. The Kier molecular flexibility index (Phi) is 11.9. The van der Waals surface area contributed by atoms with Crippen molar-refractivity contribution in [2.45, 2.75) is 71.1 Å². The van der Waals surface area contributed by atoms with Gasteiger partial charge in [-0.2, -0.15) is 0 Å². The molecule has 0 aliphatic heterocycles. The van der Waals surface area contributed by atoms with Crippen molar-refractivity contribution in [3.05, 3.63) is 36.0 Å². The lowest BCUT2D eigenvalue weighted by Crippen LogP contribution is -2.59. The van der Waals surface area contributed by atoms with Crippen LogP contribution in [0.4, 0.5) is 0 Å². The summed E-state index contributed by atoms with van der Waals surface area (Å²) in [5.41, 5.74) is 18.3. The summed E-state index contributed by atoms with van der Waals surface area (Å²) in [6, 6.07) is 3.42. The van der Waals surface area contributed by atoms with E-state index in [4.69, 9.17) is 17.2 Å². The zero-order valence-corrected chi connectivity index (χ0v) is 23.4. The molecular formula is C27H42N8O5. The van der Waals surface area contributed by atoms with Crippen LogP contribution >= 0.6 is 0 Å². The highest BCUT2D eigenvalue weighted by Gasteiger charge is 2.32. The molecule has 40 heavy (non-hydrogen) atoms. The van der Waals surface area contributed by atoms with Gasteiger partial charge in [0.15, 0.2) is 5.96 Å². The second-order valence-electron chi connectivity index (χ2n) is 10.5. The first kappa shape index (κ1) is 32.1. The van der Waals surface area contributed by atoms with E-state index < -0.39 is 47.9 Å². The summed E-state index contributed by atoms with van der Waals surface area (Å²) in [6.45, 7) is 7.25. The number of carboxylic acids is 1. The molecule has 0 radical (unpaired) electrons. The molecule has 0 bridgehead atoms. The molecule has 2 aromatic rings. The molecular weight excluding hydrogens is 516 g/mol. The molecule has 0 fully saturated rings. The van der Waals surface area contributed by atoms with Crippen LogP contribution < -0.4 is 33.2 Å². The smallest absolute Gasteiger partial charge is 0.326 e.